The number of hydrogen-bond acceptors (Lipinski definition) is 4. The molecule has 0 spiro atoms. The highest BCUT2D eigenvalue weighted by molar-refractivity contribution is 7.92. The molecule has 0 saturated heterocycles. The zero-order chi connectivity index (χ0) is 21.0. The van der Waals surface area contributed by atoms with Crippen molar-refractivity contribution in [2.75, 3.05) is 18.1 Å². The Morgan fingerprint density at radius 1 is 1.24 bits per heavy atom. The van der Waals surface area contributed by atoms with Crippen LogP contribution in [-0.2, 0) is 21.2 Å². The predicted molar refractivity (Wildman–Crippen MR) is 115 cm³/mol. The van der Waals surface area contributed by atoms with Gasteiger partial charge >= 0.3 is 0 Å². The van der Waals surface area contributed by atoms with Crippen molar-refractivity contribution >= 4 is 21.6 Å². The molecule has 2 atom stereocenters. The highest BCUT2D eigenvalue weighted by Gasteiger charge is 2.24. The molecule has 156 valence electrons. The lowest BCUT2D eigenvalue weighted by molar-refractivity contribution is -0.122. The van der Waals surface area contributed by atoms with E-state index in [0.717, 1.165) is 36.8 Å². The minimum atomic E-state index is -3.40. The Kier molecular flexibility index (Phi) is 6.47. The molecule has 0 aromatic heterocycles. The second-order valence-corrected chi connectivity index (χ2v) is 9.36. The molecule has 0 heterocycles. The summed E-state index contributed by atoms with van der Waals surface area (Å²) in [6.07, 6.45) is 4.56. The van der Waals surface area contributed by atoms with Crippen molar-refractivity contribution in [1.29, 1.82) is 0 Å². The number of sulfonamides is 1. The smallest absolute Gasteiger partial charge is 0.229 e. The summed E-state index contributed by atoms with van der Waals surface area (Å²) < 4.78 is 31.1. The summed E-state index contributed by atoms with van der Waals surface area (Å²) in [6.45, 7) is 1.86. The van der Waals surface area contributed by atoms with E-state index in [0.29, 0.717) is 12.1 Å². The topological polar surface area (TPSA) is 84.5 Å². The molecule has 1 amide bonds. The van der Waals surface area contributed by atoms with Crippen LogP contribution < -0.4 is 14.8 Å². The van der Waals surface area contributed by atoms with Crippen LogP contribution in [0.25, 0.3) is 0 Å². The Labute approximate surface area is 172 Å². The molecule has 3 rings (SSSR count). The molecule has 2 aromatic rings. The van der Waals surface area contributed by atoms with Crippen LogP contribution in [0.4, 0.5) is 5.69 Å². The summed E-state index contributed by atoms with van der Waals surface area (Å²) >= 11 is 0. The Morgan fingerprint density at radius 3 is 2.72 bits per heavy atom. The fraction of sp³-hybridized carbons (Fsp3) is 0.409. The van der Waals surface area contributed by atoms with Crippen molar-refractivity contribution in [1.82, 2.24) is 5.32 Å². The van der Waals surface area contributed by atoms with Crippen LogP contribution in [-0.4, -0.2) is 27.7 Å². The first-order valence-electron chi connectivity index (χ1n) is 9.79. The van der Waals surface area contributed by atoms with Gasteiger partial charge in [0.05, 0.1) is 25.1 Å². The van der Waals surface area contributed by atoms with Crippen LogP contribution in [0.1, 0.15) is 54.8 Å². The van der Waals surface area contributed by atoms with E-state index < -0.39 is 10.0 Å². The normalized spacial score (nSPS) is 17.1. The fourth-order valence-electron chi connectivity index (χ4n) is 4.00. The number of rotatable bonds is 7. The van der Waals surface area contributed by atoms with Gasteiger partial charge < -0.3 is 10.1 Å². The number of nitrogens with one attached hydrogen (secondary N) is 2. The number of anilines is 1. The van der Waals surface area contributed by atoms with Crippen molar-refractivity contribution in [3.05, 3.63) is 59.2 Å². The van der Waals surface area contributed by atoms with Gasteiger partial charge in [0.15, 0.2) is 0 Å². The molecule has 2 aromatic carbocycles. The maximum absolute atomic E-state index is 12.7. The van der Waals surface area contributed by atoms with Gasteiger partial charge in [-0.25, -0.2) is 8.42 Å². The number of hydrogen-bond donors (Lipinski definition) is 2. The molecule has 1 aliphatic rings. The van der Waals surface area contributed by atoms with Crippen molar-refractivity contribution in [2.45, 2.75) is 44.6 Å². The number of benzene rings is 2. The molecule has 29 heavy (non-hydrogen) atoms. The molecule has 2 unspecified atom stereocenters. The Balaban J connectivity index is 1.70. The van der Waals surface area contributed by atoms with Crippen LogP contribution in [0, 0.1) is 0 Å². The third kappa shape index (κ3) is 5.50. The molecule has 0 aliphatic heterocycles. The minimum Gasteiger partial charge on any atom is -0.497 e. The highest BCUT2D eigenvalue weighted by atomic mass is 32.2. The largest absolute Gasteiger partial charge is 0.497 e. The maximum atomic E-state index is 12.7. The van der Waals surface area contributed by atoms with E-state index in [4.69, 9.17) is 4.74 Å². The summed E-state index contributed by atoms with van der Waals surface area (Å²) in [5.74, 6) is 0.985. The Bertz CT molecular complexity index is 988. The number of carbonyl (C=O) groups is 1. The molecule has 2 N–H and O–H groups in total. The molecule has 0 radical (unpaired) electrons. The number of carbonyl (C=O) groups excluding carboxylic acids is 1. The number of para-hydroxylation sites is 1. The third-order valence-corrected chi connectivity index (χ3v) is 5.91. The van der Waals surface area contributed by atoms with Gasteiger partial charge in [0.25, 0.3) is 0 Å². The molecule has 0 fully saturated rings. The van der Waals surface area contributed by atoms with E-state index in [1.807, 2.05) is 25.1 Å². The lowest BCUT2D eigenvalue weighted by atomic mass is 9.81. The average Bonchev–Trinajstić information content (AvgIpc) is 2.66. The molecule has 0 bridgehead atoms. The summed E-state index contributed by atoms with van der Waals surface area (Å²) in [7, 11) is -1.74. The summed E-state index contributed by atoms with van der Waals surface area (Å²) in [5, 5.41) is 3.02. The summed E-state index contributed by atoms with van der Waals surface area (Å²) in [4.78, 5) is 12.7. The summed E-state index contributed by atoms with van der Waals surface area (Å²) in [5.41, 5.74) is 3.70. The predicted octanol–water partition coefficient (Wildman–Crippen LogP) is 3.75. The lowest BCUT2D eigenvalue weighted by Gasteiger charge is -2.26. The lowest BCUT2D eigenvalue weighted by Crippen LogP contribution is -2.29. The monoisotopic (exact) mass is 416 g/mol. The number of ether oxygens (including phenoxy) is 1. The van der Waals surface area contributed by atoms with Gasteiger partial charge in [-0.3, -0.25) is 9.52 Å². The number of amides is 1. The van der Waals surface area contributed by atoms with Crippen molar-refractivity contribution in [3.63, 3.8) is 0 Å². The Hall–Kier alpha value is -2.54. The Morgan fingerprint density at radius 2 is 2.00 bits per heavy atom. The van der Waals surface area contributed by atoms with Crippen molar-refractivity contribution in [2.24, 2.45) is 0 Å². The van der Waals surface area contributed by atoms with Gasteiger partial charge in [-0.05, 0) is 67.0 Å². The van der Waals surface area contributed by atoms with Gasteiger partial charge in [0.1, 0.15) is 5.75 Å². The van der Waals surface area contributed by atoms with E-state index in [9.17, 15) is 13.2 Å². The molecule has 6 nitrogen and oxygen atoms in total. The van der Waals surface area contributed by atoms with Gasteiger partial charge in [-0.2, -0.15) is 0 Å². The van der Waals surface area contributed by atoms with Gasteiger partial charge in [-0.1, -0.05) is 24.3 Å². The van der Waals surface area contributed by atoms with Gasteiger partial charge in [0.2, 0.25) is 15.9 Å². The van der Waals surface area contributed by atoms with E-state index in [1.165, 1.54) is 11.1 Å². The number of fused-ring (bicyclic) bond motifs is 1. The van der Waals surface area contributed by atoms with E-state index in [2.05, 4.69) is 22.2 Å². The zero-order valence-corrected chi connectivity index (χ0v) is 17.9. The molecular weight excluding hydrogens is 388 g/mol. The van der Waals surface area contributed by atoms with Crippen molar-refractivity contribution < 1.29 is 17.9 Å². The van der Waals surface area contributed by atoms with Crippen LogP contribution in [0.3, 0.4) is 0 Å². The van der Waals surface area contributed by atoms with E-state index in [1.54, 1.807) is 19.2 Å². The van der Waals surface area contributed by atoms with Crippen molar-refractivity contribution in [3.8, 4) is 5.75 Å². The quantitative estimate of drug-likeness (QED) is 0.720. The standard InChI is InChI=1S/C22H28N2O4S/c1-15(19-9-4-5-10-21(19)24-29(3,26)27)23-22(25)14-17-8-6-7-16-13-18(28-2)11-12-20(16)17/h4-5,9-13,15,17,24H,6-8,14H2,1-3H3,(H,23,25). The van der Waals surface area contributed by atoms with Gasteiger partial charge in [0, 0.05) is 6.42 Å². The van der Waals surface area contributed by atoms with E-state index >= 15 is 0 Å². The third-order valence-electron chi connectivity index (χ3n) is 5.32. The first kappa shape index (κ1) is 21.2. The van der Waals surface area contributed by atoms with Crippen LogP contribution >= 0.6 is 0 Å². The first-order chi connectivity index (χ1) is 13.8. The number of aryl methyl sites for hydroxylation is 1. The average molecular weight is 417 g/mol. The molecule has 1 aliphatic carbocycles. The van der Waals surface area contributed by atoms with Crippen LogP contribution in [0.2, 0.25) is 0 Å². The maximum Gasteiger partial charge on any atom is 0.229 e. The highest BCUT2D eigenvalue weighted by Crippen LogP contribution is 2.36. The molecular formula is C22H28N2O4S. The SMILES string of the molecule is COc1ccc2c(c1)CCCC2CC(=O)NC(C)c1ccccc1NS(C)(=O)=O. The fourth-order valence-corrected chi connectivity index (χ4v) is 4.58. The second kappa shape index (κ2) is 8.86. The summed E-state index contributed by atoms with van der Waals surface area (Å²) in [6, 6.07) is 12.9. The zero-order valence-electron chi connectivity index (χ0n) is 17.1. The van der Waals surface area contributed by atoms with Crippen LogP contribution in [0.5, 0.6) is 5.75 Å². The van der Waals surface area contributed by atoms with E-state index in [-0.39, 0.29) is 17.9 Å². The second-order valence-electron chi connectivity index (χ2n) is 7.61. The van der Waals surface area contributed by atoms with Gasteiger partial charge in [-0.15, -0.1) is 0 Å². The minimum absolute atomic E-state index is 0.0414. The van der Waals surface area contributed by atoms with Crippen LogP contribution in [0.15, 0.2) is 42.5 Å². The number of methoxy groups -OCH3 is 1. The molecule has 0 saturated carbocycles. The molecule has 7 heteroatoms. The first-order valence-corrected chi connectivity index (χ1v) is 11.7.